The molecule has 0 bridgehead atoms. The molecule has 0 atom stereocenters. The van der Waals surface area contributed by atoms with Gasteiger partial charge >= 0.3 is 0 Å². The van der Waals surface area contributed by atoms with E-state index in [-0.39, 0.29) is 23.9 Å². The highest BCUT2D eigenvalue weighted by Crippen LogP contribution is 2.21. The van der Waals surface area contributed by atoms with Crippen LogP contribution in [0.25, 0.3) is 0 Å². The Kier molecular flexibility index (Phi) is 6.54. The fourth-order valence-corrected chi connectivity index (χ4v) is 3.10. The van der Waals surface area contributed by atoms with Gasteiger partial charge in [-0.2, -0.15) is 9.67 Å². The summed E-state index contributed by atoms with van der Waals surface area (Å²) in [6, 6.07) is 24.1. The maximum absolute atomic E-state index is 12.8. The van der Waals surface area contributed by atoms with Gasteiger partial charge in [-0.3, -0.25) is 4.79 Å². The van der Waals surface area contributed by atoms with E-state index in [9.17, 15) is 4.79 Å². The van der Waals surface area contributed by atoms with Crippen molar-refractivity contribution in [3.05, 3.63) is 90.0 Å². The summed E-state index contributed by atoms with van der Waals surface area (Å²) in [7, 11) is 0. The van der Waals surface area contributed by atoms with Gasteiger partial charge in [0.1, 0.15) is 18.1 Å². The zero-order valence-electron chi connectivity index (χ0n) is 18.4. The van der Waals surface area contributed by atoms with Crippen LogP contribution in [0.3, 0.4) is 0 Å². The molecule has 4 rings (SSSR count). The molecular weight excluding hydrogens is 418 g/mol. The van der Waals surface area contributed by atoms with Crippen LogP contribution in [0, 0.1) is 0 Å². The number of carbonyl (C=O) groups excluding carboxylic acids is 1. The fraction of sp³-hybridized carbons (Fsp3) is 0.160. The second-order valence-electron chi connectivity index (χ2n) is 7.63. The molecule has 8 heteroatoms. The van der Waals surface area contributed by atoms with Gasteiger partial charge in [-0.05, 0) is 67.9 Å². The summed E-state index contributed by atoms with van der Waals surface area (Å²) >= 11 is 0. The number of aromatic nitrogens is 3. The van der Waals surface area contributed by atoms with Crippen molar-refractivity contribution in [1.29, 1.82) is 0 Å². The van der Waals surface area contributed by atoms with Crippen LogP contribution in [0.15, 0.2) is 78.9 Å². The van der Waals surface area contributed by atoms with Gasteiger partial charge in [-0.1, -0.05) is 30.3 Å². The van der Waals surface area contributed by atoms with Crippen LogP contribution in [0.2, 0.25) is 0 Å². The Morgan fingerprint density at radius 2 is 1.64 bits per heavy atom. The summed E-state index contributed by atoms with van der Waals surface area (Å²) in [6.07, 6.45) is 0.0515. The Labute approximate surface area is 192 Å². The molecular formula is C25H25N5O3. The van der Waals surface area contributed by atoms with Crippen LogP contribution >= 0.6 is 0 Å². The number of hydrogen-bond donors (Lipinski definition) is 2. The molecule has 33 heavy (non-hydrogen) atoms. The first kappa shape index (κ1) is 21.9. The molecule has 0 fully saturated rings. The smallest absolute Gasteiger partial charge is 0.281 e. The average Bonchev–Trinajstić information content (AvgIpc) is 3.19. The molecule has 0 saturated carbocycles. The Hall–Kier alpha value is -4.33. The molecule has 0 spiro atoms. The first-order valence-electron chi connectivity index (χ1n) is 10.6. The summed E-state index contributed by atoms with van der Waals surface area (Å²) in [4.78, 5) is 16.9. The second-order valence-corrected chi connectivity index (χ2v) is 7.63. The number of nitrogens with one attached hydrogen (secondary N) is 1. The lowest BCUT2D eigenvalue weighted by molar-refractivity contribution is 0.0948. The molecule has 1 heterocycles. The number of nitrogens with two attached hydrogens (primary N) is 1. The zero-order chi connectivity index (χ0) is 23.2. The number of nitrogen functional groups attached to an aromatic ring is 1. The van der Waals surface area contributed by atoms with Crippen molar-refractivity contribution in [2.45, 2.75) is 26.6 Å². The molecule has 0 aliphatic rings. The zero-order valence-corrected chi connectivity index (χ0v) is 18.4. The molecule has 0 amide bonds. The number of benzene rings is 3. The molecule has 3 aromatic carbocycles. The first-order valence-corrected chi connectivity index (χ1v) is 10.6. The van der Waals surface area contributed by atoms with Gasteiger partial charge < -0.3 is 20.5 Å². The van der Waals surface area contributed by atoms with E-state index in [1.165, 1.54) is 0 Å². The molecule has 3 N–H and O–H groups in total. The van der Waals surface area contributed by atoms with Gasteiger partial charge in [0.2, 0.25) is 11.9 Å². The van der Waals surface area contributed by atoms with E-state index in [1.807, 2.05) is 68.4 Å². The highest BCUT2D eigenvalue weighted by molar-refractivity contribution is 5.97. The highest BCUT2D eigenvalue weighted by Gasteiger charge is 2.16. The lowest BCUT2D eigenvalue weighted by atomic mass is 10.2. The fourth-order valence-electron chi connectivity index (χ4n) is 3.10. The topological polar surface area (TPSA) is 104 Å². The maximum atomic E-state index is 12.8. The molecule has 8 nitrogen and oxygen atoms in total. The molecule has 0 saturated heterocycles. The van der Waals surface area contributed by atoms with Crippen molar-refractivity contribution in [2.24, 2.45) is 0 Å². The molecule has 4 aromatic rings. The SMILES string of the molecule is CC(C)Oc1ccc(C(=O)n2nc(Nc3ccc(OCc4ccccc4)cc3)nc2N)cc1. The Balaban J connectivity index is 1.39. The third-order valence-electron chi connectivity index (χ3n) is 4.66. The van der Waals surface area contributed by atoms with Crippen molar-refractivity contribution in [3.63, 3.8) is 0 Å². The Morgan fingerprint density at radius 1 is 0.970 bits per heavy atom. The molecule has 1 aromatic heterocycles. The van der Waals surface area contributed by atoms with E-state index in [4.69, 9.17) is 15.2 Å². The van der Waals surface area contributed by atoms with E-state index in [0.29, 0.717) is 17.9 Å². The van der Waals surface area contributed by atoms with Gasteiger partial charge in [0.15, 0.2) is 0 Å². The largest absolute Gasteiger partial charge is 0.491 e. The minimum absolute atomic E-state index is 0.00665. The number of hydrogen-bond acceptors (Lipinski definition) is 7. The summed E-state index contributed by atoms with van der Waals surface area (Å²) in [5.41, 5.74) is 8.19. The van der Waals surface area contributed by atoms with Crippen molar-refractivity contribution in [1.82, 2.24) is 14.8 Å². The molecule has 0 aliphatic carbocycles. The molecule has 0 unspecified atom stereocenters. The quantitative estimate of drug-likeness (QED) is 0.408. The number of anilines is 3. The van der Waals surface area contributed by atoms with Crippen molar-refractivity contribution in [3.8, 4) is 11.5 Å². The van der Waals surface area contributed by atoms with Crippen LogP contribution < -0.4 is 20.5 Å². The van der Waals surface area contributed by atoms with Crippen LogP contribution in [-0.4, -0.2) is 26.8 Å². The van der Waals surface area contributed by atoms with Crippen LogP contribution in [0.1, 0.15) is 29.8 Å². The normalized spacial score (nSPS) is 10.8. The van der Waals surface area contributed by atoms with E-state index in [0.717, 1.165) is 21.7 Å². The predicted octanol–water partition coefficient (Wildman–Crippen LogP) is 4.66. The maximum Gasteiger partial charge on any atom is 0.281 e. The second kappa shape index (κ2) is 9.86. The van der Waals surface area contributed by atoms with Gasteiger partial charge in [0.25, 0.3) is 5.91 Å². The summed E-state index contributed by atoms with van der Waals surface area (Å²) in [5, 5.41) is 7.26. The van der Waals surface area contributed by atoms with Gasteiger partial charge in [-0.15, -0.1) is 5.10 Å². The van der Waals surface area contributed by atoms with Crippen LogP contribution in [0.5, 0.6) is 11.5 Å². The van der Waals surface area contributed by atoms with E-state index in [1.54, 1.807) is 24.3 Å². The molecule has 0 aliphatic heterocycles. The van der Waals surface area contributed by atoms with Crippen molar-refractivity contribution < 1.29 is 14.3 Å². The first-order chi connectivity index (χ1) is 16.0. The number of ether oxygens (including phenoxy) is 2. The number of nitrogens with zero attached hydrogens (tertiary/aromatic N) is 3. The number of rotatable bonds is 8. The van der Waals surface area contributed by atoms with Crippen molar-refractivity contribution >= 4 is 23.5 Å². The summed E-state index contributed by atoms with van der Waals surface area (Å²) in [6.45, 7) is 4.37. The monoisotopic (exact) mass is 443 g/mol. The van der Waals surface area contributed by atoms with Gasteiger partial charge in [0.05, 0.1) is 6.10 Å². The minimum Gasteiger partial charge on any atom is -0.491 e. The third kappa shape index (κ3) is 5.68. The van der Waals surface area contributed by atoms with Gasteiger partial charge in [0, 0.05) is 11.3 Å². The summed E-state index contributed by atoms with van der Waals surface area (Å²) < 4.78 is 12.5. The summed E-state index contributed by atoms with van der Waals surface area (Å²) in [5.74, 6) is 1.26. The number of carbonyl (C=O) groups is 1. The van der Waals surface area contributed by atoms with Crippen molar-refractivity contribution in [2.75, 3.05) is 11.1 Å². The van der Waals surface area contributed by atoms with Crippen LogP contribution in [-0.2, 0) is 6.61 Å². The van der Waals surface area contributed by atoms with Crippen LogP contribution in [0.4, 0.5) is 17.6 Å². The standard InChI is InChI=1S/C25H25N5O3/c1-17(2)33-22-12-8-19(9-13-22)23(31)30-24(26)28-25(29-30)27-20-10-14-21(15-11-20)32-16-18-6-4-3-5-7-18/h3-15,17H,16H2,1-2H3,(H3,26,27,28,29). The Bertz CT molecular complexity index is 1200. The predicted molar refractivity (Wildman–Crippen MR) is 127 cm³/mol. The lowest BCUT2D eigenvalue weighted by Crippen LogP contribution is -2.16. The highest BCUT2D eigenvalue weighted by atomic mass is 16.5. The Morgan fingerprint density at radius 3 is 2.30 bits per heavy atom. The molecule has 0 radical (unpaired) electrons. The van der Waals surface area contributed by atoms with E-state index in [2.05, 4.69) is 15.4 Å². The average molecular weight is 444 g/mol. The minimum atomic E-state index is -0.381. The third-order valence-corrected chi connectivity index (χ3v) is 4.66. The van der Waals surface area contributed by atoms with E-state index < -0.39 is 0 Å². The van der Waals surface area contributed by atoms with Gasteiger partial charge in [-0.25, -0.2) is 0 Å². The lowest BCUT2D eigenvalue weighted by Gasteiger charge is -2.09. The van der Waals surface area contributed by atoms with E-state index >= 15 is 0 Å². The molecule has 168 valence electrons.